The lowest BCUT2D eigenvalue weighted by molar-refractivity contribution is -0.268. The van der Waals surface area contributed by atoms with Gasteiger partial charge in [0.2, 0.25) is 0 Å². The van der Waals surface area contributed by atoms with Crippen LogP contribution in [0.1, 0.15) is 37.5 Å². The molecule has 1 aliphatic heterocycles. The molecule has 0 amide bonds. The van der Waals surface area contributed by atoms with E-state index in [1.54, 1.807) is 0 Å². The van der Waals surface area contributed by atoms with Crippen LogP contribution in [-0.4, -0.2) is 45.6 Å². The van der Waals surface area contributed by atoms with Crippen LogP contribution in [0.25, 0.3) is 0 Å². The van der Waals surface area contributed by atoms with Crippen molar-refractivity contribution in [3.8, 4) is 0 Å². The van der Waals surface area contributed by atoms with Gasteiger partial charge in [0.1, 0.15) is 18.3 Å². The van der Waals surface area contributed by atoms with Crippen molar-refractivity contribution in [2.24, 2.45) is 5.73 Å². The highest BCUT2D eigenvalue weighted by Crippen LogP contribution is 2.39. The zero-order valence-electron chi connectivity index (χ0n) is 29.3. The van der Waals surface area contributed by atoms with Crippen LogP contribution in [0.2, 0.25) is 5.04 Å². The second kappa shape index (κ2) is 16.9. The average Bonchev–Trinajstić information content (AvgIpc) is 3.15. The van der Waals surface area contributed by atoms with Gasteiger partial charge in [0.25, 0.3) is 8.32 Å². The molecule has 2 N–H and O–H groups in total. The van der Waals surface area contributed by atoms with Gasteiger partial charge in [-0.15, -0.1) is 0 Å². The number of nitrogens with two attached hydrogens (primary N) is 1. The Morgan fingerprint density at radius 3 is 1.40 bits per heavy atom. The van der Waals surface area contributed by atoms with Crippen LogP contribution in [0.4, 0.5) is 0 Å². The highest BCUT2D eigenvalue weighted by Gasteiger charge is 2.55. The molecule has 5 atom stereocenters. The molecule has 0 aromatic heterocycles. The Morgan fingerprint density at radius 2 is 0.960 bits per heavy atom. The van der Waals surface area contributed by atoms with Crippen molar-refractivity contribution in [2.75, 3.05) is 6.61 Å². The minimum absolute atomic E-state index is 0.271. The molecule has 5 aromatic rings. The maximum Gasteiger partial charge on any atom is 0.264 e. The molecule has 0 bridgehead atoms. The van der Waals surface area contributed by atoms with Crippen LogP contribution in [0.3, 0.4) is 0 Å². The zero-order valence-corrected chi connectivity index (χ0v) is 30.3. The van der Waals surface area contributed by atoms with Gasteiger partial charge in [0, 0.05) is 0 Å². The van der Waals surface area contributed by atoms with Crippen LogP contribution >= 0.6 is 0 Å². The van der Waals surface area contributed by atoms with E-state index in [9.17, 15) is 0 Å². The van der Waals surface area contributed by atoms with Gasteiger partial charge in [-0.1, -0.05) is 172 Å². The summed E-state index contributed by atoms with van der Waals surface area (Å²) in [5.41, 5.74) is 10.4. The fourth-order valence-electron chi connectivity index (χ4n) is 6.84. The fourth-order valence-corrected chi connectivity index (χ4v) is 11.4. The Morgan fingerprint density at radius 1 is 0.560 bits per heavy atom. The van der Waals surface area contributed by atoms with Crippen molar-refractivity contribution < 1.29 is 23.4 Å². The molecule has 1 heterocycles. The van der Waals surface area contributed by atoms with Crippen molar-refractivity contribution in [2.45, 2.75) is 76.3 Å². The highest BCUT2D eigenvalue weighted by molar-refractivity contribution is 6.99. The predicted molar refractivity (Wildman–Crippen MR) is 201 cm³/mol. The van der Waals surface area contributed by atoms with Crippen molar-refractivity contribution in [3.63, 3.8) is 0 Å². The summed E-state index contributed by atoms with van der Waals surface area (Å²) in [6.45, 7) is 8.21. The lowest BCUT2D eigenvalue weighted by Gasteiger charge is -2.50. The molecule has 0 unspecified atom stereocenters. The summed E-state index contributed by atoms with van der Waals surface area (Å²) >= 11 is 0. The second-order valence-electron chi connectivity index (χ2n) is 13.9. The fraction of sp³-hybridized carbons (Fsp3) is 0.302. The number of rotatable bonds is 14. The third-order valence-electron chi connectivity index (χ3n) is 9.37. The summed E-state index contributed by atoms with van der Waals surface area (Å²) in [4.78, 5) is 0. The SMILES string of the molecule is CC(C)(C)[Si](O[C@@H]1O[C@H](COCc2ccccc2)[C@@H](OCc2ccccc2)[C@H](OCc2ccccc2)[C@H]1N)(c1ccccc1)c1ccccc1. The maximum absolute atomic E-state index is 7.52. The van der Waals surface area contributed by atoms with Gasteiger partial charge < -0.3 is 29.1 Å². The van der Waals surface area contributed by atoms with Crippen molar-refractivity contribution >= 4 is 18.7 Å². The maximum atomic E-state index is 7.52. The number of benzene rings is 5. The van der Waals surface area contributed by atoms with E-state index in [0.717, 1.165) is 27.1 Å². The monoisotopic (exact) mass is 687 g/mol. The number of hydrogen-bond donors (Lipinski definition) is 1. The summed E-state index contributed by atoms with van der Waals surface area (Å²) in [6.07, 6.45) is -2.40. The minimum Gasteiger partial charge on any atom is -0.381 e. The molecule has 260 valence electrons. The van der Waals surface area contributed by atoms with E-state index in [0.29, 0.717) is 19.8 Å². The van der Waals surface area contributed by atoms with Gasteiger partial charge in [0.05, 0.1) is 32.5 Å². The van der Waals surface area contributed by atoms with Gasteiger partial charge in [-0.05, 0) is 32.1 Å². The van der Waals surface area contributed by atoms with Gasteiger partial charge >= 0.3 is 0 Å². The standard InChI is InChI=1S/C43H49NO5Si/c1-43(2,3)50(36-25-15-7-16-26-36,37-27-17-8-18-28-37)49-42-39(44)41(47-31-35-23-13-6-14-24-35)40(46-30-34-21-11-5-12-22-34)38(48-42)32-45-29-33-19-9-4-10-20-33/h4-28,38-42H,29-32,44H2,1-3H3/t38-,39-,40-,41-,42+/m1/s1. The molecule has 7 heteroatoms. The van der Waals surface area contributed by atoms with Gasteiger partial charge in [-0.3, -0.25) is 0 Å². The van der Waals surface area contributed by atoms with Crippen LogP contribution in [0.15, 0.2) is 152 Å². The molecule has 1 fully saturated rings. The van der Waals surface area contributed by atoms with Crippen molar-refractivity contribution in [3.05, 3.63) is 168 Å². The molecule has 0 radical (unpaired) electrons. The Labute approximate surface area is 298 Å². The predicted octanol–water partition coefficient (Wildman–Crippen LogP) is 7.00. The summed E-state index contributed by atoms with van der Waals surface area (Å²) in [6, 6.07) is 50.9. The summed E-state index contributed by atoms with van der Waals surface area (Å²) in [7, 11) is -3.04. The third kappa shape index (κ3) is 8.50. The molecule has 6 rings (SSSR count). The summed E-state index contributed by atoms with van der Waals surface area (Å²) in [5.74, 6) is 0. The Hall–Kier alpha value is -3.92. The van der Waals surface area contributed by atoms with Crippen LogP contribution < -0.4 is 16.1 Å². The smallest absolute Gasteiger partial charge is 0.264 e. The van der Waals surface area contributed by atoms with Crippen molar-refractivity contribution in [1.82, 2.24) is 0 Å². The average molecular weight is 688 g/mol. The number of ether oxygens (including phenoxy) is 4. The van der Waals surface area contributed by atoms with Crippen molar-refractivity contribution in [1.29, 1.82) is 0 Å². The molecular weight excluding hydrogens is 639 g/mol. The van der Waals surface area contributed by atoms with Crippen LogP contribution in [0.5, 0.6) is 0 Å². The highest BCUT2D eigenvalue weighted by atomic mass is 28.4. The van der Waals surface area contributed by atoms with E-state index in [2.05, 4.69) is 106 Å². The van der Waals surface area contributed by atoms with E-state index in [1.807, 2.05) is 66.7 Å². The molecular formula is C43H49NO5Si. The largest absolute Gasteiger partial charge is 0.381 e. The molecule has 1 saturated heterocycles. The molecule has 0 aliphatic carbocycles. The summed E-state index contributed by atoms with van der Waals surface area (Å²) < 4.78 is 34.3. The Bertz CT molecular complexity index is 1660. The Kier molecular flexibility index (Phi) is 12.1. The van der Waals surface area contributed by atoms with Crippen LogP contribution in [-0.2, 0) is 43.2 Å². The summed E-state index contributed by atoms with van der Waals surface area (Å²) in [5, 5.41) is 2.02. The van der Waals surface area contributed by atoms with Crippen LogP contribution in [0, 0.1) is 0 Å². The zero-order chi connectivity index (χ0) is 34.8. The second-order valence-corrected chi connectivity index (χ2v) is 18.2. The quantitative estimate of drug-likeness (QED) is 0.127. The Balaban J connectivity index is 1.38. The molecule has 0 spiro atoms. The normalized spacial score (nSPS) is 21.2. The van der Waals surface area contributed by atoms with E-state index in [-0.39, 0.29) is 11.6 Å². The van der Waals surface area contributed by atoms with Gasteiger partial charge in [-0.25, -0.2) is 0 Å². The first-order chi connectivity index (χ1) is 24.3. The lowest BCUT2D eigenvalue weighted by Crippen LogP contribution is -2.72. The first kappa shape index (κ1) is 35.9. The molecule has 0 saturated carbocycles. The molecule has 6 nitrogen and oxygen atoms in total. The van der Waals surface area contributed by atoms with E-state index < -0.39 is 39.0 Å². The van der Waals surface area contributed by atoms with E-state index in [1.165, 1.54) is 0 Å². The minimum atomic E-state index is -3.04. The van der Waals surface area contributed by atoms with E-state index in [4.69, 9.17) is 29.1 Å². The first-order valence-corrected chi connectivity index (χ1v) is 19.4. The molecule has 50 heavy (non-hydrogen) atoms. The van der Waals surface area contributed by atoms with Gasteiger partial charge in [-0.2, -0.15) is 0 Å². The van der Waals surface area contributed by atoms with Gasteiger partial charge in [0.15, 0.2) is 6.29 Å². The molecule has 5 aromatic carbocycles. The topological polar surface area (TPSA) is 72.2 Å². The van der Waals surface area contributed by atoms with E-state index >= 15 is 0 Å². The first-order valence-electron chi connectivity index (χ1n) is 17.5. The molecule has 1 aliphatic rings. The lowest BCUT2D eigenvalue weighted by atomic mass is 9.97. The number of hydrogen-bond acceptors (Lipinski definition) is 6. The third-order valence-corrected chi connectivity index (χ3v) is 14.4.